The molecule has 102 valence electrons. The molecule has 0 saturated carbocycles. The summed E-state index contributed by atoms with van der Waals surface area (Å²) in [4.78, 5) is 1.47. The highest BCUT2D eigenvalue weighted by molar-refractivity contribution is 7.09. The number of nitrogens with zero attached hydrogens (tertiary/aromatic N) is 3. The third-order valence-electron chi connectivity index (χ3n) is 3.79. The maximum absolute atomic E-state index is 4.21. The van der Waals surface area contributed by atoms with Crippen LogP contribution in [0.2, 0.25) is 0 Å². The van der Waals surface area contributed by atoms with E-state index in [2.05, 4.69) is 37.6 Å². The van der Waals surface area contributed by atoms with Gasteiger partial charge in [-0.15, -0.1) is 21.5 Å². The monoisotopic (exact) mass is 276 g/mol. The summed E-state index contributed by atoms with van der Waals surface area (Å²) in [6, 6.07) is 4.33. The maximum atomic E-state index is 4.21. The molecule has 0 spiro atoms. The highest BCUT2D eigenvalue weighted by Gasteiger charge is 2.20. The van der Waals surface area contributed by atoms with Crippen LogP contribution in [-0.4, -0.2) is 27.9 Å². The van der Waals surface area contributed by atoms with E-state index in [-0.39, 0.29) is 0 Å². The summed E-state index contributed by atoms with van der Waals surface area (Å²) in [5, 5.41) is 14.1. The number of aromatic nitrogens is 3. The minimum Gasteiger partial charge on any atom is -0.316 e. The molecule has 0 radical (unpaired) electrons. The van der Waals surface area contributed by atoms with Crippen LogP contribution in [0.5, 0.6) is 0 Å². The lowest BCUT2D eigenvalue weighted by Crippen LogP contribution is -2.31. The van der Waals surface area contributed by atoms with Crippen LogP contribution in [0, 0.1) is 12.8 Å². The fourth-order valence-electron chi connectivity index (χ4n) is 2.67. The van der Waals surface area contributed by atoms with Crippen molar-refractivity contribution in [2.75, 3.05) is 13.1 Å². The third kappa shape index (κ3) is 3.04. The van der Waals surface area contributed by atoms with Crippen molar-refractivity contribution in [1.29, 1.82) is 0 Å². The molecule has 5 heteroatoms. The van der Waals surface area contributed by atoms with Crippen molar-refractivity contribution in [3.05, 3.63) is 34.0 Å². The van der Waals surface area contributed by atoms with Gasteiger partial charge in [0.15, 0.2) is 0 Å². The van der Waals surface area contributed by atoms with Crippen molar-refractivity contribution in [1.82, 2.24) is 20.1 Å². The Morgan fingerprint density at radius 2 is 2.42 bits per heavy atom. The van der Waals surface area contributed by atoms with Crippen LogP contribution in [0.15, 0.2) is 17.5 Å². The van der Waals surface area contributed by atoms with Gasteiger partial charge in [0, 0.05) is 17.8 Å². The van der Waals surface area contributed by atoms with Crippen LogP contribution in [-0.2, 0) is 19.4 Å². The molecule has 0 fully saturated rings. The van der Waals surface area contributed by atoms with Crippen LogP contribution >= 0.6 is 11.3 Å². The molecule has 1 unspecified atom stereocenters. The zero-order valence-corrected chi connectivity index (χ0v) is 12.1. The second kappa shape index (κ2) is 5.84. The molecule has 0 saturated heterocycles. The smallest absolute Gasteiger partial charge is 0.133 e. The zero-order valence-electron chi connectivity index (χ0n) is 11.3. The van der Waals surface area contributed by atoms with E-state index < -0.39 is 0 Å². The van der Waals surface area contributed by atoms with Gasteiger partial charge in [0.05, 0.1) is 0 Å². The van der Waals surface area contributed by atoms with E-state index in [0.29, 0.717) is 5.92 Å². The molecular formula is C14H20N4S. The molecule has 1 atom stereocenters. The fourth-order valence-corrected chi connectivity index (χ4v) is 3.38. The first-order valence-electron chi connectivity index (χ1n) is 6.94. The lowest BCUT2D eigenvalue weighted by atomic mass is 9.99. The summed E-state index contributed by atoms with van der Waals surface area (Å²) in [7, 11) is 0. The number of hydrogen-bond acceptors (Lipinski definition) is 4. The van der Waals surface area contributed by atoms with Crippen molar-refractivity contribution in [2.24, 2.45) is 5.92 Å². The summed E-state index contributed by atoms with van der Waals surface area (Å²) < 4.78 is 2.27. The number of nitrogens with one attached hydrogen (secondary N) is 1. The van der Waals surface area contributed by atoms with Gasteiger partial charge in [-0.05, 0) is 50.2 Å². The molecule has 1 aliphatic heterocycles. The predicted octanol–water partition coefficient (Wildman–Crippen LogP) is 2.04. The van der Waals surface area contributed by atoms with Crippen molar-refractivity contribution >= 4 is 11.3 Å². The average molecular weight is 276 g/mol. The molecule has 1 N–H and O–H groups in total. The van der Waals surface area contributed by atoms with Gasteiger partial charge >= 0.3 is 0 Å². The summed E-state index contributed by atoms with van der Waals surface area (Å²) in [6.45, 7) is 5.29. The average Bonchev–Trinajstić information content (AvgIpc) is 3.06. The number of hydrogen-bond donors (Lipinski definition) is 1. The zero-order chi connectivity index (χ0) is 13.1. The molecule has 1 aliphatic rings. The molecule has 0 amide bonds. The second-order valence-electron chi connectivity index (χ2n) is 5.21. The first-order valence-corrected chi connectivity index (χ1v) is 7.82. The van der Waals surface area contributed by atoms with Gasteiger partial charge in [-0.3, -0.25) is 0 Å². The van der Waals surface area contributed by atoms with E-state index in [9.17, 15) is 0 Å². The molecule has 0 bridgehead atoms. The van der Waals surface area contributed by atoms with Crippen molar-refractivity contribution in [3.63, 3.8) is 0 Å². The third-order valence-corrected chi connectivity index (χ3v) is 4.73. The highest BCUT2D eigenvalue weighted by atomic mass is 32.1. The molecule has 2 aromatic rings. The molecule has 0 aromatic carbocycles. The van der Waals surface area contributed by atoms with Crippen LogP contribution < -0.4 is 5.32 Å². The Bertz CT molecular complexity index is 518. The number of thiophene rings is 1. The van der Waals surface area contributed by atoms with Gasteiger partial charge < -0.3 is 9.88 Å². The van der Waals surface area contributed by atoms with Crippen LogP contribution in [0.3, 0.4) is 0 Å². The quantitative estimate of drug-likeness (QED) is 0.850. The van der Waals surface area contributed by atoms with E-state index in [0.717, 1.165) is 44.1 Å². The SMILES string of the molecule is Cc1nnc2n1CC(CNCCc1cccs1)CC2. The van der Waals surface area contributed by atoms with Crippen molar-refractivity contribution in [3.8, 4) is 0 Å². The first kappa shape index (κ1) is 12.8. The van der Waals surface area contributed by atoms with Gasteiger partial charge in [-0.25, -0.2) is 0 Å². The van der Waals surface area contributed by atoms with Crippen molar-refractivity contribution < 1.29 is 0 Å². The van der Waals surface area contributed by atoms with Crippen LogP contribution in [0.4, 0.5) is 0 Å². The minimum absolute atomic E-state index is 0.713. The summed E-state index contributed by atoms with van der Waals surface area (Å²) in [6.07, 6.45) is 3.43. The molecule has 19 heavy (non-hydrogen) atoms. The van der Waals surface area contributed by atoms with Gasteiger partial charge in [-0.2, -0.15) is 0 Å². The van der Waals surface area contributed by atoms with E-state index in [1.165, 1.54) is 11.3 Å². The highest BCUT2D eigenvalue weighted by Crippen LogP contribution is 2.19. The standard InChI is InChI=1S/C14H20N4S/c1-11-16-17-14-5-4-12(10-18(11)14)9-15-7-6-13-3-2-8-19-13/h2-3,8,12,15H,4-7,9-10H2,1H3. The maximum Gasteiger partial charge on any atom is 0.133 e. The minimum atomic E-state index is 0.713. The normalized spacial score (nSPS) is 18.5. The summed E-state index contributed by atoms with van der Waals surface area (Å²) in [5.41, 5.74) is 0. The topological polar surface area (TPSA) is 42.7 Å². The number of aryl methyl sites for hydroxylation is 2. The second-order valence-corrected chi connectivity index (χ2v) is 6.24. The Hall–Kier alpha value is -1.20. The van der Waals surface area contributed by atoms with E-state index in [4.69, 9.17) is 0 Å². The van der Waals surface area contributed by atoms with E-state index >= 15 is 0 Å². The largest absolute Gasteiger partial charge is 0.316 e. The van der Waals surface area contributed by atoms with E-state index in [1.807, 2.05) is 18.3 Å². The molecule has 3 heterocycles. The predicted molar refractivity (Wildman–Crippen MR) is 77.5 cm³/mol. The van der Waals surface area contributed by atoms with Crippen LogP contribution in [0.1, 0.15) is 22.9 Å². The Kier molecular flexibility index (Phi) is 3.94. The summed E-state index contributed by atoms with van der Waals surface area (Å²) in [5.74, 6) is 2.93. The lowest BCUT2D eigenvalue weighted by Gasteiger charge is -2.24. The van der Waals surface area contributed by atoms with Gasteiger partial charge in [0.25, 0.3) is 0 Å². The first-order chi connectivity index (χ1) is 9.33. The Morgan fingerprint density at radius 3 is 3.26 bits per heavy atom. The van der Waals surface area contributed by atoms with Crippen LogP contribution in [0.25, 0.3) is 0 Å². The summed E-state index contributed by atoms with van der Waals surface area (Å²) >= 11 is 1.84. The molecule has 3 rings (SSSR count). The Balaban J connectivity index is 1.43. The van der Waals surface area contributed by atoms with E-state index in [1.54, 1.807) is 0 Å². The fraction of sp³-hybridized carbons (Fsp3) is 0.571. The van der Waals surface area contributed by atoms with Gasteiger partial charge in [-0.1, -0.05) is 6.07 Å². The Labute approximate surface area is 117 Å². The lowest BCUT2D eigenvalue weighted by molar-refractivity contribution is 0.345. The Morgan fingerprint density at radius 1 is 1.47 bits per heavy atom. The molecular weight excluding hydrogens is 256 g/mol. The number of fused-ring (bicyclic) bond motifs is 1. The van der Waals surface area contributed by atoms with Crippen molar-refractivity contribution in [2.45, 2.75) is 32.7 Å². The van der Waals surface area contributed by atoms with Gasteiger partial charge in [0.2, 0.25) is 0 Å². The molecule has 0 aliphatic carbocycles. The van der Waals surface area contributed by atoms with Gasteiger partial charge in [0.1, 0.15) is 11.6 Å². The number of rotatable bonds is 5. The molecule has 4 nitrogen and oxygen atoms in total. The molecule has 2 aromatic heterocycles.